The lowest BCUT2D eigenvalue weighted by Crippen LogP contribution is -2.39. The van der Waals surface area contributed by atoms with Gasteiger partial charge in [-0.15, -0.1) is 0 Å². The molecule has 5 nitrogen and oxygen atoms in total. The minimum atomic E-state index is 0.477. The van der Waals surface area contributed by atoms with Gasteiger partial charge in [-0.05, 0) is 34.2 Å². The van der Waals surface area contributed by atoms with E-state index >= 15 is 0 Å². The average molecular weight is 314 g/mol. The molecule has 1 aliphatic heterocycles. The molecule has 100 valence electrons. The average Bonchev–Trinajstić information content (AvgIpc) is 2.40. The van der Waals surface area contributed by atoms with Gasteiger partial charge in [0.2, 0.25) is 0 Å². The fourth-order valence-electron chi connectivity index (χ4n) is 2.29. The van der Waals surface area contributed by atoms with Crippen LogP contribution >= 0.6 is 15.9 Å². The van der Waals surface area contributed by atoms with Crippen molar-refractivity contribution in [3.8, 4) is 0 Å². The summed E-state index contributed by atoms with van der Waals surface area (Å²) in [4.78, 5) is 10.7. The minimum absolute atomic E-state index is 0.477. The summed E-state index contributed by atoms with van der Waals surface area (Å²) in [5, 5.41) is 0. The number of hydrogen-bond donors (Lipinski definition) is 2. The number of anilines is 2. The van der Waals surface area contributed by atoms with Gasteiger partial charge in [-0.25, -0.2) is 15.8 Å². The van der Waals surface area contributed by atoms with Crippen molar-refractivity contribution in [3.05, 3.63) is 10.8 Å². The molecule has 3 N–H and O–H groups in total. The highest BCUT2D eigenvalue weighted by molar-refractivity contribution is 9.10. The molecule has 0 aliphatic carbocycles. The Kier molecular flexibility index (Phi) is 4.07. The van der Waals surface area contributed by atoms with Gasteiger partial charge in [0.25, 0.3) is 0 Å². The van der Waals surface area contributed by atoms with Crippen molar-refractivity contribution in [2.24, 2.45) is 11.3 Å². The molecule has 1 fully saturated rings. The van der Waals surface area contributed by atoms with Gasteiger partial charge < -0.3 is 10.3 Å². The first-order valence-corrected chi connectivity index (χ1v) is 7.11. The number of nitrogens with zero attached hydrogens (tertiary/aromatic N) is 3. The van der Waals surface area contributed by atoms with Gasteiger partial charge in [-0.3, -0.25) is 0 Å². The van der Waals surface area contributed by atoms with Crippen molar-refractivity contribution in [2.45, 2.75) is 33.1 Å². The number of piperidine rings is 1. The number of aromatic nitrogens is 2. The van der Waals surface area contributed by atoms with Crippen molar-refractivity contribution in [1.29, 1.82) is 0 Å². The number of hydrogen-bond acceptors (Lipinski definition) is 5. The number of nitrogens with one attached hydrogen (secondary N) is 1. The van der Waals surface area contributed by atoms with E-state index in [-0.39, 0.29) is 0 Å². The molecular weight excluding hydrogens is 294 g/mol. The Morgan fingerprint density at radius 3 is 2.67 bits per heavy atom. The van der Waals surface area contributed by atoms with Crippen molar-refractivity contribution in [3.63, 3.8) is 0 Å². The zero-order valence-electron chi connectivity index (χ0n) is 10.9. The molecule has 0 spiro atoms. The van der Waals surface area contributed by atoms with E-state index in [2.05, 4.69) is 50.1 Å². The normalized spacial score (nSPS) is 18.8. The summed E-state index contributed by atoms with van der Waals surface area (Å²) < 4.78 is 0.840. The number of rotatable bonds is 3. The standard InChI is InChI=1S/C12H20BrN5/c1-3-12(2)4-6-18(7-5-12)11-9(13)10(17-14)15-8-16-11/h8H,3-7,14H2,1-2H3,(H,15,16,17). The van der Waals surface area contributed by atoms with E-state index in [0.717, 1.165) is 23.4 Å². The van der Waals surface area contributed by atoms with E-state index in [9.17, 15) is 0 Å². The van der Waals surface area contributed by atoms with Crippen LogP contribution in [0, 0.1) is 5.41 Å². The second kappa shape index (κ2) is 5.40. The molecule has 18 heavy (non-hydrogen) atoms. The van der Waals surface area contributed by atoms with Gasteiger partial charge in [0.05, 0.1) is 0 Å². The van der Waals surface area contributed by atoms with Crippen molar-refractivity contribution in [1.82, 2.24) is 9.97 Å². The number of halogens is 1. The van der Waals surface area contributed by atoms with Crippen LogP contribution in [-0.2, 0) is 0 Å². The monoisotopic (exact) mass is 313 g/mol. The maximum Gasteiger partial charge on any atom is 0.159 e. The summed E-state index contributed by atoms with van der Waals surface area (Å²) in [5.74, 6) is 6.98. The van der Waals surface area contributed by atoms with E-state index in [0.29, 0.717) is 11.2 Å². The highest BCUT2D eigenvalue weighted by Crippen LogP contribution is 2.37. The fourth-order valence-corrected chi connectivity index (χ4v) is 2.86. The van der Waals surface area contributed by atoms with Gasteiger partial charge in [-0.1, -0.05) is 20.3 Å². The molecule has 0 saturated carbocycles. The largest absolute Gasteiger partial charge is 0.355 e. The molecule has 1 aliphatic rings. The number of nitrogen functional groups attached to an aromatic ring is 1. The highest BCUT2D eigenvalue weighted by atomic mass is 79.9. The van der Waals surface area contributed by atoms with E-state index < -0.39 is 0 Å². The fraction of sp³-hybridized carbons (Fsp3) is 0.667. The zero-order valence-corrected chi connectivity index (χ0v) is 12.5. The molecular formula is C12H20BrN5. The Morgan fingerprint density at radius 1 is 1.44 bits per heavy atom. The SMILES string of the molecule is CCC1(C)CCN(c2ncnc(NN)c2Br)CC1. The number of hydrazine groups is 1. The molecule has 1 aromatic heterocycles. The third kappa shape index (κ3) is 2.59. The molecule has 6 heteroatoms. The first-order chi connectivity index (χ1) is 8.59. The van der Waals surface area contributed by atoms with E-state index in [4.69, 9.17) is 5.84 Å². The van der Waals surface area contributed by atoms with E-state index in [1.165, 1.54) is 19.3 Å². The molecule has 1 aromatic rings. The lowest BCUT2D eigenvalue weighted by atomic mass is 9.78. The molecule has 1 saturated heterocycles. The van der Waals surface area contributed by atoms with Crippen LogP contribution in [0.4, 0.5) is 11.6 Å². The zero-order chi connectivity index (χ0) is 13.2. The lowest BCUT2D eigenvalue weighted by molar-refractivity contribution is 0.237. The maximum absolute atomic E-state index is 5.42. The van der Waals surface area contributed by atoms with Crippen LogP contribution in [0.25, 0.3) is 0 Å². The maximum atomic E-state index is 5.42. The number of nitrogens with two attached hydrogens (primary N) is 1. The van der Waals surface area contributed by atoms with Crippen LogP contribution in [0.3, 0.4) is 0 Å². The first-order valence-electron chi connectivity index (χ1n) is 6.32. The summed E-state index contributed by atoms with van der Waals surface area (Å²) >= 11 is 3.51. The van der Waals surface area contributed by atoms with Gasteiger partial charge >= 0.3 is 0 Å². The van der Waals surface area contributed by atoms with Crippen molar-refractivity contribution < 1.29 is 0 Å². The van der Waals surface area contributed by atoms with Gasteiger partial charge in [0.1, 0.15) is 16.6 Å². The van der Waals surface area contributed by atoms with Crippen molar-refractivity contribution in [2.75, 3.05) is 23.4 Å². The second-order valence-electron chi connectivity index (χ2n) is 5.16. The molecule has 0 bridgehead atoms. The summed E-state index contributed by atoms with van der Waals surface area (Å²) in [6, 6.07) is 0. The molecule has 0 unspecified atom stereocenters. The van der Waals surface area contributed by atoms with E-state index in [1.807, 2.05) is 0 Å². The van der Waals surface area contributed by atoms with Crippen LogP contribution in [0.2, 0.25) is 0 Å². The van der Waals surface area contributed by atoms with Gasteiger partial charge in [0.15, 0.2) is 5.82 Å². The Hall–Kier alpha value is -0.880. The highest BCUT2D eigenvalue weighted by Gasteiger charge is 2.29. The summed E-state index contributed by atoms with van der Waals surface area (Å²) in [7, 11) is 0. The molecule has 0 radical (unpaired) electrons. The first kappa shape index (κ1) is 13.5. The molecule has 2 rings (SSSR count). The third-order valence-electron chi connectivity index (χ3n) is 4.03. The second-order valence-corrected chi connectivity index (χ2v) is 5.95. The van der Waals surface area contributed by atoms with Crippen molar-refractivity contribution >= 4 is 27.6 Å². The minimum Gasteiger partial charge on any atom is -0.355 e. The summed E-state index contributed by atoms with van der Waals surface area (Å²) in [5.41, 5.74) is 3.05. The Labute approximate surface area is 116 Å². The third-order valence-corrected chi connectivity index (χ3v) is 4.76. The van der Waals surface area contributed by atoms with Crippen LogP contribution in [0.5, 0.6) is 0 Å². The molecule has 0 aromatic carbocycles. The molecule has 2 heterocycles. The molecule has 0 amide bonds. The van der Waals surface area contributed by atoms with Gasteiger partial charge in [-0.2, -0.15) is 0 Å². The quantitative estimate of drug-likeness (QED) is 0.663. The summed E-state index contributed by atoms with van der Waals surface area (Å²) in [6.45, 7) is 6.70. The van der Waals surface area contributed by atoms with Gasteiger partial charge in [0, 0.05) is 13.1 Å². The van der Waals surface area contributed by atoms with Crippen LogP contribution in [0.15, 0.2) is 10.8 Å². The Bertz CT molecular complexity index is 415. The van der Waals surface area contributed by atoms with E-state index in [1.54, 1.807) is 6.33 Å². The van der Waals surface area contributed by atoms with Crippen LogP contribution in [-0.4, -0.2) is 23.1 Å². The Morgan fingerprint density at radius 2 is 2.11 bits per heavy atom. The smallest absolute Gasteiger partial charge is 0.159 e. The molecule has 0 atom stereocenters. The van der Waals surface area contributed by atoms with Crippen LogP contribution < -0.4 is 16.2 Å². The lowest BCUT2D eigenvalue weighted by Gasteiger charge is -2.39. The summed E-state index contributed by atoms with van der Waals surface area (Å²) in [6.07, 6.45) is 5.18. The topological polar surface area (TPSA) is 67.1 Å². The predicted molar refractivity (Wildman–Crippen MR) is 77.4 cm³/mol. The van der Waals surface area contributed by atoms with Crippen LogP contribution in [0.1, 0.15) is 33.1 Å². The Balaban J connectivity index is 2.15. The predicted octanol–water partition coefficient (Wildman–Crippen LogP) is 2.54.